The fraction of sp³-hybridized carbons (Fsp3) is 0.559. The second-order valence-electron chi connectivity index (χ2n) is 12.8. The molecule has 0 radical (unpaired) electrons. The number of hydrogen-bond acceptors (Lipinski definition) is 5. The van der Waals surface area contributed by atoms with Gasteiger partial charge in [-0.2, -0.15) is 13.2 Å². The van der Waals surface area contributed by atoms with Crippen LogP contribution in [0.1, 0.15) is 83.5 Å². The number of pyridine rings is 1. The van der Waals surface area contributed by atoms with Crippen LogP contribution < -0.4 is 15.0 Å². The van der Waals surface area contributed by atoms with Crippen molar-refractivity contribution in [3.05, 3.63) is 80.8 Å². The summed E-state index contributed by atoms with van der Waals surface area (Å²) in [5, 5.41) is 9.43. The quantitative estimate of drug-likeness (QED) is 0.163. The molecule has 1 aliphatic carbocycles. The highest BCUT2D eigenvalue weighted by Gasteiger charge is 2.37. The number of halogens is 3. The molecule has 2 aromatic rings. The number of aliphatic hydroxyl groups excluding tert-OH is 1. The Labute approximate surface area is 265 Å². The van der Waals surface area contributed by atoms with E-state index in [2.05, 4.69) is 51.5 Å². The second-order valence-corrected chi connectivity index (χ2v) is 14.6. The number of allylic oxidation sites excluding steroid dienone is 4. The Morgan fingerprint density at radius 3 is 2.44 bits per heavy atom. The molecule has 0 saturated heterocycles. The standard InChI is InChI=1S/C34H47F3N2O5S/c1-24(2)9-6-10-25(3)11-12-27-21-29-30(23-33(27,4)5)39(18-8-19-40)32(41)22-31(29)44-20-7-17-38-45(42,43)28-15-13-26(14-16-28)34(35,36)37/h9,11,13-16,22,27,38,40H,6-8,10,12,17-21,23H2,1-5H3/b25-11+. The zero-order chi connectivity index (χ0) is 33.4. The zero-order valence-corrected chi connectivity index (χ0v) is 27.8. The average molecular weight is 653 g/mol. The van der Waals surface area contributed by atoms with E-state index >= 15 is 0 Å². The molecule has 7 nitrogen and oxygen atoms in total. The van der Waals surface area contributed by atoms with Gasteiger partial charge in [-0.1, -0.05) is 37.1 Å². The minimum absolute atomic E-state index is 0.00554. The minimum Gasteiger partial charge on any atom is -0.493 e. The topological polar surface area (TPSA) is 97.6 Å². The van der Waals surface area contributed by atoms with Gasteiger partial charge in [-0.3, -0.25) is 4.79 Å². The molecule has 2 N–H and O–H groups in total. The van der Waals surface area contributed by atoms with Gasteiger partial charge in [0.1, 0.15) is 5.75 Å². The van der Waals surface area contributed by atoms with Gasteiger partial charge in [0, 0.05) is 37.0 Å². The molecule has 0 spiro atoms. The van der Waals surface area contributed by atoms with Gasteiger partial charge in [0.2, 0.25) is 10.0 Å². The van der Waals surface area contributed by atoms with Crippen LogP contribution in [0, 0.1) is 11.3 Å². The summed E-state index contributed by atoms with van der Waals surface area (Å²) in [5.41, 5.74) is 3.34. The SMILES string of the molecule is CC(C)=CCC/C(C)=C/CC1Cc2c(OCCCNS(=O)(=O)c3ccc(C(F)(F)F)cc3)cc(=O)n(CCCO)c2CC1(C)C. The number of nitrogens with zero attached hydrogens (tertiary/aromatic N) is 1. The van der Waals surface area contributed by atoms with Gasteiger partial charge >= 0.3 is 6.18 Å². The summed E-state index contributed by atoms with van der Waals surface area (Å²) in [5.74, 6) is 0.802. The van der Waals surface area contributed by atoms with Crippen LogP contribution in [0.15, 0.2) is 63.3 Å². The predicted octanol–water partition coefficient (Wildman–Crippen LogP) is 6.82. The molecule has 1 aromatic heterocycles. The lowest BCUT2D eigenvalue weighted by molar-refractivity contribution is -0.137. The first-order valence-electron chi connectivity index (χ1n) is 15.5. The Balaban J connectivity index is 1.72. The van der Waals surface area contributed by atoms with Crippen molar-refractivity contribution in [1.82, 2.24) is 9.29 Å². The summed E-state index contributed by atoms with van der Waals surface area (Å²) in [6, 6.07) is 4.81. The van der Waals surface area contributed by atoms with Gasteiger partial charge in [0.25, 0.3) is 5.56 Å². The van der Waals surface area contributed by atoms with E-state index < -0.39 is 21.8 Å². The molecule has 3 rings (SSSR count). The van der Waals surface area contributed by atoms with Gasteiger partial charge < -0.3 is 14.4 Å². The van der Waals surface area contributed by atoms with Crippen molar-refractivity contribution in [2.45, 2.75) is 97.2 Å². The molecule has 1 aromatic carbocycles. The smallest absolute Gasteiger partial charge is 0.416 e. The number of aromatic nitrogens is 1. The van der Waals surface area contributed by atoms with Crippen molar-refractivity contribution in [2.75, 3.05) is 19.8 Å². The van der Waals surface area contributed by atoms with E-state index in [9.17, 15) is 31.5 Å². The van der Waals surface area contributed by atoms with Crippen LogP contribution in [0.5, 0.6) is 5.75 Å². The van der Waals surface area contributed by atoms with Crippen molar-refractivity contribution in [3.8, 4) is 5.75 Å². The summed E-state index contributed by atoms with van der Waals surface area (Å²) in [6.07, 6.45) is 5.07. The van der Waals surface area contributed by atoms with E-state index in [1.54, 1.807) is 4.57 Å². The summed E-state index contributed by atoms with van der Waals surface area (Å²) in [6.45, 7) is 11.3. The second kappa shape index (κ2) is 15.6. The van der Waals surface area contributed by atoms with Gasteiger partial charge in [-0.05, 0) is 101 Å². The molecule has 250 valence electrons. The number of nitrogens with one attached hydrogen (secondary N) is 1. The van der Waals surface area contributed by atoms with Crippen molar-refractivity contribution in [1.29, 1.82) is 0 Å². The molecule has 0 bridgehead atoms. The molecule has 0 aliphatic heterocycles. The van der Waals surface area contributed by atoms with Crippen LogP contribution in [0.4, 0.5) is 13.2 Å². The van der Waals surface area contributed by atoms with E-state index in [-0.39, 0.29) is 42.0 Å². The molecule has 0 fully saturated rings. The fourth-order valence-electron chi connectivity index (χ4n) is 5.64. The molecule has 1 heterocycles. The first-order valence-corrected chi connectivity index (χ1v) is 17.0. The summed E-state index contributed by atoms with van der Waals surface area (Å²) in [7, 11) is -4.00. The lowest BCUT2D eigenvalue weighted by atomic mass is 9.66. The molecular weight excluding hydrogens is 605 g/mol. The molecule has 0 saturated carbocycles. The molecule has 1 atom stereocenters. The number of benzene rings is 1. The summed E-state index contributed by atoms with van der Waals surface area (Å²) >= 11 is 0. The van der Waals surface area contributed by atoms with Crippen molar-refractivity contribution in [3.63, 3.8) is 0 Å². The van der Waals surface area contributed by atoms with Crippen molar-refractivity contribution >= 4 is 10.0 Å². The van der Waals surface area contributed by atoms with Crippen molar-refractivity contribution < 1.29 is 31.4 Å². The number of rotatable bonds is 15. The van der Waals surface area contributed by atoms with Crippen LogP contribution in [-0.4, -0.2) is 37.8 Å². The van der Waals surface area contributed by atoms with Crippen LogP contribution >= 0.6 is 0 Å². The molecule has 45 heavy (non-hydrogen) atoms. The lowest BCUT2D eigenvalue weighted by Crippen LogP contribution is -2.38. The molecular formula is C34H47F3N2O5S. The molecule has 11 heteroatoms. The van der Waals surface area contributed by atoms with E-state index in [0.29, 0.717) is 31.1 Å². The Morgan fingerprint density at radius 1 is 1.13 bits per heavy atom. The first-order chi connectivity index (χ1) is 21.0. The third-order valence-electron chi connectivity index (χ3n) is 8.42. The third kappa shape index (κ3) is 10.3. The van der Waals surface area contributed by atoms with Crippen molar-refractivity contribution in [2.24, 2.45) is 11.3 Å². The summed E-state index contributed by atoms with van der Waals surface area (Å²) < 4.78 is 73.9. The Kier molecular flexibility index (Phi) is 12.7. The molecule has 0 amide bonds. The molecule has 1 aliphatic rings. The Morgan fingerprint density at radius 2 is 1.82 bits per heavy atom. The largest absolute Gasteiger partial charge is 0.493 e. The Hall–Kier alpha value is -2.89. The zero-order valence-electron chi connectivity index (χ0n) is 27.0. The van der Waals surface area contributed by atoms with E-state index in [1.165, 1.54) is 17.2 Å². The fourth-order valence-corrected chi connectivity index (χ4v) is 6.71. The third-order valence-corrected chi connectivity index (χ3v) is 9.89. The number of aliphatic hydroxyl groups is 1. The van der Waals surface area contributed by atoms with Gasteiger partial charge in [0.15, 0.2) is 0 Å². The van der Waals surface area contributed by atoms with Gasteiger partial charge in [-0.15, -0.1) is 0 Å². The highest BCUT2D eigenvalue weighted by Crippen LogP contribution is 2.44. The van der Waals surface area contributed by atoms with E-state index in [4.69, 9.17) is 4.74 Å². The number of ether oxygens (including phenoxy) is 1. The van der Waals surface area contributed by atoms with Gasteiger partial charge in [0.05, 0.1) is 17.1 Å². The maximum Gasteiger partial charge on any atom is 0.416 e. The monoisotopic (exact) mass is 652 g/mol. The van der Waals surface area contributed by atoms with E-state index in [1.807, 2.05) is 0 Å². The van der Waals surface area contributed by atoms with Crippen LogP contribution in [0.2, 0.25) is 0 Å². The molecule has 1 unspecified atom stereocenters. The maximum atomic E-state index is 13.2. The van der Waals surface area contributed by atoms with Gasteiger partial charge in [-0.25, -0.2) is 13.1 Å². The first kappa shape index (κ1) is 36.6. The summed E-state index contributed by atoms with van der Waals surface area (Å²) in [4.78, 5) is 12.9. The predicted molar refractivity (Wildman–Crippen MR) is 171 cm³/mol. The Bertz CT molecular complexity index is 1520. The van der Waals surface area contributed by atoms with Crippen LogP contribution in [0.3, 0.4) is 0 Å². The average Bonchev–Trinajstić information content (AvgIpc) is 2.94. The van der Waals surface area contributed by atoms with Crippen LogP contribution in [-0.2, 0) is 35.6 Å². The minimum atomic E-state index is -4.55. The lowest BCUT2D eigenvalue weighted by Gasteiger charge is -2.41. The number of alkyl halides is 3. The highest BCUT2D eigenvalue weighted by molar-refractivity contribution is 7.89. The highest BCUT2D eigenvalue weighted by atomic mass is 32.2. The number of hydrogen-bond donors (Lipinski definition) is 2. The number of sulfonamides is 1. The van der Waals surface area contributed by atoms with Crippen LogP contribution in [0.25, 0.3) is 0 Å². The maximum absolute atomic E-state index is 13.2. The number of fused-ring (bicyclic) bond motifs is 1. The normalized spacial score (nSPS) is 16.7. The van der Waals surface area contributed by atoms with E-state index in [0.717, 1.165) is 61.2 Å².